The molecule has 2 aromatic rings. The Morgan fingerprint density at radius 3 is 2.14 bits per heavy atom. The Hall–Kier alpha value is -3.29. The molecule has 0 saturated carbocycles. The molecule has 0 spiro atoms. The van der Waals surface area contributed by atoms with Gasteiger partial charge in [0.05, 0.1) is 12.2 Å². The lowest BCUT2D eigenvalue weighted by molar-refractivity contribution is -0.153. The molecule has 148 valence electrons. The Kier molecular flexibility index (Phi) is 7.20. The van der Waals surface area contributed by atoms with Gasteiger partial charge >= 0.3 is 18.1 Å². The predicted molar refractivity (Wildman–Crippen MR) is 95.1 cm³/mol. The van der Waals surface area contributed by atoms with Crippen molar-refractivity contribution in [2.45, 2.75) is 13.1 Å². The van der Waals surface area contributed by atoms with Gasteiger partial charge in [0.1, 0.15) is 11.5 Å². The van der Waals surface area contributed by atoms with Crippen LogP contribution in [-0.4, -0.2) is 31.3 Å². The molecule has 0 aliphatic heterocycles. The van der Waals surface area contributed by atoms with Gasteiger partial charge in [0.2, 0.25) is 0 Å². The molecule has 0 aliphatic carbocycles. The van der Waals surface area contributed by atoms with Gasteiger partial charge in [0, 0.05) is 6.08 Å². The first kappa shape index (κ1) is 21.0. The number of halogens is 3. The minimum atomic E-state index is -4.44. The summed E-state index contributed by atoms with van der Waals surface area (Å²) in [5, 5.41) is 0. The number of esters is 2. The summed E-state index contributed by atoms with van der Waals surface area (Å²) in [5.41, 5.74) is 0.865. The molecule has 0 aromatic heterocycles. The zero-order valence-corrected chi connectivity index (χ0v) is 14.9. The van der Waals surface area contributed by atoms with Gasteiger partial charge < -0.3 is 14.2 Å². The fourth-order valence-corrected chi connectivity index (χ4v) is 2.02. The largest absolute Gasteiger partial charge is 0.484 e. The molecule has 2 rings (SSSR count). The summed E-state index contributed by atoms with van der Waals surface area (Å²) in [6, 6.07) is 11.5. The van der Waals surface area contributed by atoms with Crippen LogP contribution >= 0.6 is 0 Å². The molecule has 0 saturated heterocycles. The van der Waals surface area contributed by atoms with Crippen molar-refractivity contribution in [1.29, 1.82) is 0 Å². The molecule has 0 bridgehead atoms. The Bertz CT molecular complexity index is 824. The number of rotatable bonds is 7. The average molecular weight is 394 g/mol. The van der Waals surface area contributed by atoms with Crippen LogP contribution in [0.3, 0.4) is 0 Å². The number of benzene rings is 2. The highest BCUT2D eigenvalue weighted by Crippen LogP contribution is 2.20. The Labute approximate surface area is 159 Å². The number of ether oxygens (including phenoxy) is 3. The van der Waals surface area contributed by atoms with Gasteiger partial charge in [-0.05, 0) is 55.0 Å². The zero-order valence-electron chi connectivity index (χ0n) is 14.9. The SMILES string of the molecule is CCOC(=O)C=Cc1ccc(OC(=O)c2ccc(OCC(F)(F)F)cc2)cc1. The van der Waals surface area contributed by atoms with E-state index < -0.39 is 24.7 Å². The van der Waals surface area contributed by atoms with Crippen LogP contribution in [-0.2, 0) is 9.53 Å². The minimum Gasteiger partial charge on any atom is -0.484 e. The summed E-state index contributed by atoms with van der Waals surface area (Å²) in [5.74, 6) is -0.861. The van der Waals surface area contributed by atoms with E-state index in [1.165, 1.54) is 30.3 Å². The third-order valence-corrected chi connectivity index (χ3v) is 3.28. The van der Waals surface area contributed by atoms with Gasteiger partial charge in [-0.3, -0.25) is 0 Å². The summed E-state index contributed by atoms with van der Waals surface area (Å²) in [4.78, 5) is 23.4. The van der Waals surface area contributed by atoms with Crippen LogP contribution in [0.15, 0.2) is 54.6 Å². The molecule has 5 nitrogen and oxygen atoms in total. The second kappa shape index (κ2) is 9.59. The van der Waals surface area contributed by atoms with Crippen molar-refractivity contribution in [2.75, 3.05) is 13.2 Å². The second-order valence-electron chi connectivity index (χ2n) is 5.47. The molecule has 0 radical (unpaired) electrons. The first-order valence-corrected chi connectivity index (χ1v) is 8.23. The first-order chi connectivity index (χ1) is 13.3. The number of hydrogen-bond donors (Lipinski definition) is 0. The molecule has 0 aliphatic rings. The average Bonchev–Trinajstić information content (AvgIpc) is 2.66. The van der Waals surface area contributed by atoms with Crippen molar-refractivity contribution in [2.24, 2.45) is 0 Å². The smallest absolute Gasteiger partial charge is 0.422 e. The fourth-order valence-electron chi connectivity index (χ4n) is 2.02. The number of carbonyl (C=O) groups is 2. The Balaban J connectivity index is 1.92. The van der Waals surface area contributed by atoms with Crippen LogP contribution in [0.1, 0.15) is 22.8 Å². The van der Waals surface area contributed by atoms with E-state index in [1.54, 1.807) is 37.3 Å². The molecule has 0 heterocycles. The third kappa shape index (κ3) is 7.14. The van der Waals surface area contributed by atoms with Crippen molar-refractivity contribution in [1.82, 2.24) is 0 Å². The third-order valence-electron chi connectivity index (χ3n) is 3.28. The molecule has 0 amide bonds. The van der Waals surface area contributed by atoms with E-state index in [0.717, 1.165) is 0 Å². The number of hydrogen-bond acceptors (Lipinski definition) is 5. The van der Waals surface area contributed by atoms with E-state index in [9.17, 15) is 22.8 Å². The normalized spacial score (nSPS) is 11.3. The number of carbonyl (C=O) groups excluding carboxylic acids is 2. The van der Waals surface area contributed by atoms with Gasteiger partial charge in [-0.1, -0.05) is 12.1 Å². The standard InChI is InChI=1S/C20H17F3O5/c1-2-26-18(24)12-5-14-3-8-17(9-4-14)28-19(25)15-6-10-16(11-7-15)27-13-20(21,22)23/h3-12H,2,13H2,1H3. The van der Waals surface area contributed by atoms with Gasteiger partial charge in [-0.2, -0.15) is 13.2 Å². The van der Waals surface area contributed by atoms with E-state index in [1.807, 2.05) is 0 Å². The number of alkyl halides is 3. The Morgan fingerprint density at radius 2 is 1.57 bits per heavy atom. The van der Waals surface area contributed by atoms with Crippen LogP contribution in [0, 0.1) is 0 Å². The summed E-state index contributed by atoms with van der Waals surface area (Å²) in [6.07, 6.45) is -1.59. The highest BCUT2D eigenvalue weighted by atomic mass is 19.4. The van der Waals surface area contributed by atoms with E-state index in [0.29, 0.717) is 5.56 Å². The highest BCUT2D eigenvalue weighted by molar-refractivity contribution is 5.91. The maximum Gasteiger partial charge on any atom is 0.422 e. The molecule has 0 N–H and O–H groups in total. The molecule has 2 aromatic carbocycles. The lowest BCUT2D eigenvalue weighted by Crippen LogP contribution is -2.19. The van der Waals surface area contributed by atoms with Crippen molar-refractivity contribution in [3.05, 3.63) is 65.7 Å². The minimum absolute atomic E-state index is 0.00776. The summed E-state index contributed by atoms with van der Waals surface area (Å²) in [6.45, 7) is 0.583. The van der Waals surface area contributed by atoms with Gasteiger partial charge in [-0.25, -0.2) is 9.59 Å². The summed E-state index contributed by atoms with van der Waals surface area (Å²) < 4.78 is 50.9. The van der Waals surface area contributed by atoms with E-state index in [-0.39, 0.29) is 23.7 Å². The van der Waals surface area contributed by atoms with Crippen LogP contribution in [0.4, 0.5) is 13.2 Å². The van der Waals surface area contributed by atoms with Crippen LogP contribution in [0.5, 0.6) is 11.5 Å². The highest BCUT2D eigenvalue weighted by Gasteiger charge is 2.28. The van der Waals surface area contributed by atoms with E-state index in [4.69, 9.17) is 9.47 Å². The molecule has 28 heavy (non-hydrogen) atoms. The van der Waals surface area contributed by atoms with Crippen molar-refractivity contribution in [3.8, 4) is 11.5 Å². The maximum atomic E-state index is 12.1. The monoisotopic (exact) mass is 394 g/mol. The van der Waals surface area contributed by atoms with Crippen molar-refractivity contribution >= 4 is 18.0 Å². The topological polar surface area (TPSA) is 61.8 Å². The molecular formula is C20H17F3O5. The maximum absolute atomic E-state index is 12.1. The van der Waals surface area contributed by atoms with E-state index >= 15 is 0 Å². The second-order valence-corrected chi connectivity index (χ2v) is 5.47. The molecular weight excluding hydrogens is 377 g/mol. The van der Waals surface area contributed by atoms with Gasteiger partial charge in [0.15, 0.2) is 6.61 Å². The molecule has 0 unspecified atom stereocenters. The predicted octanol–water partition coefficient (Wildman–Crippen LogP) is 4.42. The molecule has 0 atom stereocenters. The van der Waals surface area contributed by atoms with Gasteiger partial charge in [-0.15, -0.1) is 0 Å². The quantitative estimate of drug-likeness (QED) is 0.395. The van der Waals surface area contributed by atoms with Crippen molar-refractivity contribution in [3.63, 3.8) is 0 Å². The zero-order chi connectivity index (χ0) is 20.6. The lowest BCUT2D eigenvalue weighted by Gasteiger charge is -2.09. The first-order valence-electron chi connectivity index (χ1n) is 8.23. The van der Waals surface area contributed by atoms with Crippen LogP contribution in [0.25, 0.3) is 6.08 Å². The summed E-state index contributed by atoms with van der Waals surface area (Å²) >= 11 is 0. The molecule has 0 fully saturated rings. The Morgan fingerprint density at radius 1 is 0.964 bits per heavy atom. The molecule has 8 heteroatoms. The van der Waals surface area contributed by atoms with Gasteiger partial charge in [0.25, 0.3) is 0 Å². The fraction of sp³-hybridized carbons (Fsp3) is 0.200. The lowest BCUT2D eigenvalue weighted by atomic mass is 10.2. The van der Waals surface area contributed by atoms with Crippen molar-refractivity contribution < 1.29 is 37.0 Å². The van der Waals surface area contributed by atoms with Crippen LogP contribution < -0.4 is 9.47 Å². The van der Waals surface area contributed by atoms with Crippen LogP contribution in [0.2, 0.25) is 0 Å². The summed E-state index contributed by atoms with van der Waals surface area (Å²) in [7, 11) is 0. The van der Waals surface area contributed by atoms with E-state index in [2.05, 4.69) is 4.74 Å².